The molecule has 0 saturated carbocycles. The first-order valence-corrected chi connectivity index (χ1v) is 8.19. The van der Waals surface area contributed by atoms with Gasteiger partial charge in [0.1, 0.15) is 5.75 Å². The summed E-state index contributed by atoms with van der Waals surface area (Å²) in [6, 6.07) is 6.98. The van der Waals surface area contributed by atoms with Crippen molar-refractivity contribution >= 4 is 17.5 Å². The SMILES string of the molecule is CCNC(=O)COc1cccc(NC(=O)Cc2c(C)nn(C)c2C)c1. The van der Waals surface area contributed by atoms with Gasteiger partial charge in [-0.15, -0.1) is 0 Å². The van der Waals surface area contributed by atoms with Crippen molar-refractivity contribution in [3.05, 3.63) is 41.2 Å². The lowest BCUT2D eigenvalue weighted by molar-refractivity contribution is -0.123. The van der Waals surface area contributed by atoms with Crippen LogP contribution in [0.15, 0.2) is 24.3 Å². The van der Waals surface area contributed by atoms with E-state index >= 15 is 0 Å². The molecule has 0 atom stereocenters. The Morgan fingerprint density at radius 2 is 2.00 bits per heavy atom. The number of aryl methyl sites for hydroxylation is 2. The summed E-state index contributed by atoms with van der Waals surface area (Å²) in [5.74, 6) is 0.220. The van der Waals surface area contributed by atoms with Gasteiger partial charge >= 0.3 is 0 Å². The maximum atomic E-state index is 12.3. The molecule has 0 saturated heterocycles. The lowest BCUT2D eigenvalue weighted by Crippen LogP contribution is -2.28. The van der Waals surface area contributed by atoms with Gasteiger partial charge in [-0.25, -0.2) is 0 Å². The number of benzene rings is 1. The van der Waals surface area contributed by atoms with E-state index in [1.807, 2.05) is 27.8 Å². The normalized spacial score (nSPS) is 10.4. The Bertz CT molecular complexity index is 768. The minimum Gasteiger partial charge on any atom is -0.484 e. The van der Waals surface area contributed by atoms with Crippen LogP contribution in [-0.4, -0.2) is 34.7 Å². The maximum Gasteiger partial charge on any atom is 0.257 e. The molecule has 0 spiro atoms. The van der Waals surface area contributed by atoms with E-state index < -0.39 is 0 Å². The van der Waals surface area contributed by atoms with Crippen molar-refractivity contribution < 1.29 is 14.3 Å². The number of carbonyl (C=O) groups excluding carboxylic acids is 2. The fraction of sp³-hybridized carbons (Fsp3) is 0.389. The Morgan fingerprint density at radius 3 is 2.64 bits per heavy atom. The molecular weight excluding hydrogens is 320 g/mol. The van der Waals surface area contributed by atoms with E-state index in [0.29, 0.717) is 18.0 Å². The lowest BCUT2D eigenvalue weighted by atomic mass is 10.1. The number of amides is 2. The third-order valence-electron chi connectivity index (χ3n) is 3.86. The Hall–Kier alpha value is -2.83. The highest BCUT2D eigenvalue weighted by Gasteiger charge is 2.13. The predicted molar refractivity (Wildman–Crippen MR) is 95.6 cm³/mol. The number of aromatic nitrogens is 2. The van der Waals surface area contributed by atoms with Crippen molar-refractivity contribution in [1.82, 2.24) is 15.1 Å². The fourth-order valence-electron chi connectivity index (χ4n) is 2.50. The van der Waals surface area contributed by atoms with Crippen LogP contribution in [0.5, 0.6) is 5.75 Å². The van der Waals surface area contributed by atoms with E-state index in [4.69, 9.17) is 4.74 Å². The lowest BCUT2D eigenvalue weighted by Gasteiger charge is -2.09. The molecule has 1 aromatic carbocycles. The number of anilines is 1. The van der Waals surface area contributed by atoms with Crippen molar-refractivity contribution in [2.75, 3.05) is 18.5 Å². The quantitative estimate of drug-likeness (QED) is 0.801. The molecule has 1 aromatic heterocycles. The second-order valence-electron chi connectivity index (χ2n) is 5.77. The fourth-order valence-corrected chi connectivity index (χ4v) is 2.50. The average molecular weight is 344 g/mol. The number of rotatable bonds is 7. The molecule has 1 heterocycles. The van der Waals surface area contributed by atoms with Crippen molar-refractivity contribution in [3.63, 3.8) is 0 Å². The van der Waals surface area contributed by atoms with Crippen molar-refractivity contribution in [2.45, 2.75) is 27.2 Å². The summed E-state index contributed by atoms with van der Waals surface area (Å²) >= 11 is 0. The number of hydrogen-bond acceptors (Lipinski definition) is 4. The zero-order valence-electron chi connectivity index (χ0n) is 15.0. The zero-order valence-corrected chi connectivity index (χ0v) is 15.0. The Balaban J connectivity index is 1.96. The zero-order chi connectivity index (χ0) is 18.4. The van der Waals surface area contributed by atoms with Crippen LogP contribution in [0.3, 0.4) is 0 Å². The maximum absolute atomic E-state index is 12.3. The molecule has 134 valence electrons. The largest absolute Gasteiger partial charge is 0.484 e. The number of nitrogens with one attached hydrogen (secondary N) is 2. The molecule has 2 aromatic rings. The van der Waals surface area contributed by atoms with Crippen molar-refractivity contribution in [2.24, 2.45) is 7.05 Å². The summed E-state index contributed by atoms with van der Waals surface area (Å²) in [6.45, 7) is 6.19. The van der Waals surface area contributed by atoms with Gasteiger partial charge in [0.05, 0.1) is 12.1 Å². The van der Waals surface area contributed by atoms with Gasteiger partial charge in [-0.3, -0.25) is 14.3 Å². The van der Waals surface area contributed by atoms with E-state index in [9.17, 15) is 9.59 Å². The van der Waals surface area contributed by atoms with E-state index in [1.54, 1.807) is 28.9 Å². The topological polar surface area (TPSA) is 85.2 Å². The van der Waals surface area contributed by atoms with Crippen LogP contribution in [0.1, 0.15) is 23.9 Å². The third-order valence-corrected chi connectivity index (χ3v) is 3.86. The summed E-state index contributed by atoms with van der Waals surface area (Å²) in [6.07, 6.45) is 0.259. The first kappa shape index (κ1) is 18.5. The van der Waals surface area contributed by atoms with Gasteiger partial charge in [-0.2, -0.15) is 5.10 Å². The summed E-state index contributed by atoms with van der Waals surface area (Å²) in [4.78, 5) is 23.7. The monoisotopic (exact) mass is 344 g/mol. The number of hydrogen-bond donors (Lipinski definition) is 2. The Labute approximate surface area is 147 Å². The molecule has 0 aliphatic heterocycles. The summed E-state index contributed by atoms with van der Waals surface area (Å²) in [5, 5.41) is 9.83. The first-order valence-electron chi connectivity index (χ1n) is 8.19. The predicted octanol–water partition coefficient (Wildman–Crippen LogP) is 1.73. The van der Waals surface area contributed by atoms with Crippen LogP contribution in [0, 0.1) is 13.8 Å². The number of ether oxygens (including phenoxy) is 1. The number of nitrogens with zero attached hydrogens (tertiary/aromatic N) is 2. The number of likely N-dealkylation sites (N-methyl/N-ethyl adjacent to an activating group) is 1. The van der Waals surface area contributed by atoms with Gasteiger partial charge in [0.15, 0.2) is 6.61 Å². The second-order valence-corrected chi connectivity index (χ2v) is 5.77. The van der Waals surface area contributed by atoms with Gasteiger partial charge in [0, 0.05) is 36.6 Å². The first-order chi connectivity index (χ1) is 11.9. The van der Waals surface area contributed by atoms with E-state index in [2.05, 4.69) is 15.7 Å². The highest BCUT2D eigenvalue weighted by molar-refractivity contribution is 5.92. The molecule has 7 heteroatoms. The minimum atomic E-state index is -0.181. The van der Waals surface area contributed by atoms with Gasteiger partial charge in [-0.1, -0.05) is 6.07 Å². The standard InChI is InChI=1S/C18H24N4O3/c1-5-19-18(24)11-25-15-8-6-7-14(9-15)20-17(23)10-16-12(2)21-22(4)13(16)3/h6-9H,5,10-11H2,1-4H3,(H,19,24)(H,20,23). The Kier molecular flexibility index (Phi) is 6.16. The van der Waals surface area contributed by atoms with Crippen LogP contribution in [0.2, 0.25) is 0 Å². The molecule has 2 amide bonds. The second kappa shape index (κ2) is 8.32. The minimum absolute atomic E-state index is 0.0562. The third kappa shape index (κ3) is 5.07. The van der Waals surface area contributed by atoms with Crippen LogP contribution in [0.4, 0.5) is 5.69 Å². The molecule has 0 aliphatic rings. The van der Waals surface area contributed by atoms with Gasteiger partial charge in [0.2, 0.25) is 5.91 Å². The molecular formula is C18H24N4O3. The molecule has 0 bridgehead atoms. The molecule has 7 nitrogen and oxygen atoms in total. The van der Waals surface area contributed by atoms with Gasteiger partial charge in [-0.05, 0) is 32.9 Å². The van der Waals surface area contributed by atoms with E-state index in [0.717, 1.165) is 17.0 Å². The summed E-state index contributed by atoms with van der Waals surface area (Å²) in [5.41, 5.74) is 3.39. The van der Waals surface area contributed by atoms with Gasteiger partial charge in [0.25, 0.3) is 5.91 Å². The van der Waals surface area contributed by atoms with E-state index in [-0.39, 0.29) is 24.8 Å². The summed E-state index contributed by atoms with van der Waals surface area (Å²) in [7, 11) is 1.86. The van der Waals surface area contributed by atoms with Crippen molar-refractivity contribution in [1.29, 1.82) is 0 Å². The molecule has 25 heavy (non-hydrogen) atoms. The average Bonchev–Trinajstić information content (AvgIpc) is 2.80. The van der Waals surface area contributed by atoms with Crippen molar-refractivity contribution in [3.8, 4) is 5.75 Å². The van der Waals surface area contributed by atoms with E-state index in [1.165, 1.54) is 0 Å². The molecule has 2 rings (SSSR count). The Morgan fingerprint density at radius 1 is 1.24 bits per heavy atom. The van der Waals surface area contributed by atoms with Crippen LogP contribution in [0.25, 0.3) is 0 Å². The van der Waals surface area contributed by atoms with Crippen LogP contribution in [-0.2, 0) is 23.1 Å². The highest BCUT2D eigenvalue weighted by Crippen LogP contribution is 2.18. The molecule has 0 radical (unpaired) electrons. The molecule has 2 N–H and O–H groups in total. The van der Waals surface area contributed by atoms with Crippen LogP contribution < -0.4 is 15.4 Å². The molecule has 0 aliphatic carbocycles. The number of carbonyl (C=O) groups is 2. The molecule has 0 unspecified atom stereocenters. The van der Waals surface area contributed by atoms with Gasteiger partial charge < -0.3 is 15.4 Å². The highest BCUT2D eigenvalue weighted by atomic mass is 16.5. The molecule has 0 fully saturated rings. The smallest absolute Gasteiger partial charge is 0.257 e. The summed E-state index contributed by atoms with van der Waals surface area (Å²) < 4.78 is 7.20. The van der Waals surface area contributed by atoms with Crippen LogP contribution >= 0.6 is 0 Å².